The molecule has 3 aromatic rings. The van der Waals surface area contributed by atoms with Crippen molar-refractivity contribution in [3.63, 3.8) is 0 Å². The smallest absolute Gasteiger partial charge is 0.265 e. The number of hydrogen-bond acceptors (Lipinski definition) is 5. The number of hydrogen-bond donors (Lipinski definition) is 2. The van der Waals surface area contributed by atoms with Crippen LogP contribution in [0.15, 0.2) is 45.9 Å². The first kappa shape index (κ1) is 18.4. The SMILES string of the molecule is Cc1oc2ncn(C)c(=O)c2c1C(=O)NCCNC(=O)Cc1ccccc1. The van der Waals surface area contributed by atoms with E-state index in [4.69, 9.17) is 4.42 Å². The third-order valence-electron chi connectivity index (χ3n) is 4.12. The summed E-state index contributed by atoms with van der Waals surface area (Å²) in [6.07, 6.45) is 1.62. The molecule has 0 bridgehead atoms. The summed E-state index contributed by atoms with van der Waals surface area (Å²) in [4.78, 5) is 40.7. The summed E-state index contributed by atoms with van der Waals surface area (Å²) in [6, 6.07) is 9.39. The van der Waals surface area contributed by atoms with Crippen molar-refractivity contribution in [3.05, 3.63) is 63.9 Å². The van der Waals surface area contributed by atoms with Crippen LogP contribution in [-0.4, -0.2) is 34.5 Å². The largest absolute Gasteiger partial charge is 0.442 e. The van der Waals surface area contributed by atoms with Gasteiger partial charge in [-0.25, -0.2) is 4.98 Å². The van der Waals surface area contributed by atoms with Crippen LogP contribution in [0, 0.1) is 6.92 Å². The van der Waals surface area contributed by atoms with E-state index in [9.17, 15) is 14.4 Å². The molecule has 0 fully saturated rings. The van der Waals surface area contributed by atoms with E-state index < -0.39 is 5.91 Å². The van der Waals surface area contributed by atoms with Gasteiger partial charge < -0.3 is 19.6 Å². The van der Waals surface area contributed by atoms with Crippen LogP contribution in [-0.2, 0) is 18.3 Å². The van der Waals surface area contributed by atoms with E-state index in [0.29, 0.717) is 5.76 Å². The number of nitrogens with zero attached hydrogens (tertiary/aromatic N) is 2. The van der Waals surface area contributed by atoms with E-state index in [-0.39, 0.29) is 47.6 Å². The van der Waals surface area contributed by atoms with Crippen LogP contribution in [0.4, 0.5) is 0 Å². The topological polar surface area (TPSA) is 106 Å². The van der Waals surface area contributed by atoms with Gasteiger partial charge in [0.05, 0.1) is 12.0 Å². The van der Waals surface area contributed by atoms with E-state index in [1.165, 1.54) is 10.9 Å². The third-order valence-corrected chi connectivity index (χ3v) is 4.12. The number of nitrogens with one attached hydrogen (secondary N) is 2. The minimum Gasteiger partial charge on any atom is -0.442 e. The van der Waals surface area contributed by atoms with Gasteiger partial charge in [0.1, 0.15) is 17.5 Å². The molecule has 0 saturated carbocycles. The Kier molecular flexibility index (Phi) is 5.35. The number of benzene rings is 1. The average molecular weight is 368 g/mol. The predicted molar refractivity (Wildman–Crippen MR) is 99.5 cm³/mol. The van der Waals surface area contributed by atoms with Crippen LogP contribution >= 0.6 is 0 Å². The van der Waals surface area contributed by atoms with Gasteiger partial charge in [-0.2, -0.15) is 0 Å². The van der Waals surface area contributed by atoms with E-state index in [1.54, 1.807) is 14.0 Å². The van der Waals surface area contributed by atoms with Crippen molar-refractivity contribution in [2.24, 2.45) is 7.05 Å². The number of carbonyl (C=O) groups is 2. The van der Waals surface area contributed by atoms with Crippen molar-refractivity contribution < 1.29 is 14.0 Å². The lowest BCUT2D eigenvalue weighted by Gasteiger charge is -2.07. The zero-order chi connectivity index (χ0) is 19.4. The van der Waals surface area contributed by atoms with Gasteiger partial charge in [0, 0.05) is 20.1 Å². The van der Waals surface area contributed by atoms with E-state index >= 15 is 0 Å². The van der Waals surface area contributed by atoms with Gasteiger partial charge in [-0.05, 0) is 12.5 Å². The molecule has 2 N–H and O–H groups in total. The summed E-state index contributed by atoms with van der Waals surface area (Å²) in [6.45, 7) is 2.12. The van der Waals surface area contributed by atoms with Crippen LogP contribution in [0.3, 0.4) is 0 Å². The number of furan rings is 1. The quantitative estimate of drug-likeness (QED) is 0.630. The Labute approximate surface area is 155 Å². The molecular weight excluding hydrogens is 348 g/mol. The number of rotatable bonds is 6. The van der Waals surface area contributed by atoms with Crippen molar-refractivity contribution in [2.75, 3.05) is 13.1 Å². The Hall–Kier alpha value is -3.42. The fraction of sp³-hybridized carbons (Fsp3) is 0.263. The summed E-state index contributed by atoms with van der Waals surface area (Å²) < 4.78 is 6.70. The highest BCUT2D eigenvalue weighted by Gasteiger charge is 2.22. The molecule has 8 nitrogen and oxygen atoms in total. The Morgan fingerprint density at radius 2 is 1.85 bits per heavy atom. The van der Waals surface area contributed by atoms with Gasteiger partial charge in [-0.15, -0.1) is 0 Å². The van der Waals surface area contributed by atoms with Crippen LogP contribution in [0.5, 0.6) is 0 Å². The molecule has 27 heavy (non-hydrogen) atoms. The minimum atomic E-state index is -0.436. The third kappa shape index (κ3) is 4.05. The summed E-state index contributed by atoms with van der Waals surface area (Å²) >= 11 is 0. The van der Waals surface area contributed by atoms with Gasteiger partial charge in [-0.1, -0.05) is 30.3 Å². The molecule has 2 amide bonds. The Morgan fingerprint density at radius 3 is 2.59 bits per heavy atom. The van der Waals surface area contributed by atoms with Gasteiger partial charge >= 0.3 is 0 Å². The molecule has 140 valence electrons. The lowest BCUT2D eigenvalue weighted by atomic mass is 10.1. The number of carbonyl (C=O) groups excluding carboxylic acids is 2. The molecule has 0 unspecified atom stereocenters. The maximum absolute atomic E-state index is 12.5. The Bertz CT molecular complexity index is 1040. The monoisotopic (exact) mass is 368 g/mol. The molecule has 0 atom stereocenters. The lowest BCUT2D eigenvalue weighted by molar-refractivity contribution is -0.120. The summed E-state index contributed by atoms with van der Waals surface area (Å²) in [5, 5.41) is 5.60. The second-order valence-electron chi connectivity index (χ2n) is 6.14. The maximum Gasteiger partial charge on any atom is 0.265 e. The number of fused-ring (bicyclic) bond motifs is 1. The molecule has 2 aromatic heterocycles. The first-order chi connectivity index (χ1) is 13.0. The molecule has 0 radical (unpaired) electrons. The lowest BCUT2D eigenvalue weighted by Crippen LogP contribution is -2.35. The molecule has 0 saturated heterocycles. The fourth-order valence-corrected chi connectivity index (χ4v) is 2.77. The molecule has 0 aliphatic carbocycles. The zero-order valence-corrected chi connectivity index (χ0v) is 15.1. The van der Waals surface area contributed by atoms with Gasteiger partial charge in [0.2, 0.25) is 11.6 Å². The van der Waals surface area contributed by atoms with Crippen LogP contribution in [0.2, 0.25) is 0 Å². The van der Waals surface area contributed by atoms with Gasteiger partial charge in [0.25, 0.3) is 11.5 Å². The number of aryl methyl sites for hydroxylation is 2. The minimum absolute atomic E-state index is 0.126. The Balaban J connectivity index is 1.58. The van der Waals surface area contributed by atoms with Crippen LogP contribution in [0.25, 0.3) is 11.1 Å². The predicted octanol–water partition coefficient (Wildman–Crippen LogP) is 0.924. The van der Waals surface area contributed by atoms with Crippen molar-refractivity contribution in [1.82, 2.24) is 20.2 Å². The van der Waals surface area contributed by atoms with Crippen LogP contribution < -0.4 is 16.2 Å². The Morgan fingerprint density at radius 1 is 1.15 bits per heavy atom. The van der Waals surface area contributed by atoms with Crippen molar-refractivity contribution >= 4 is 22.9 Å². The van der Waals surface area contributed by atoms with Gasteiger partial charge in [0.15, 0.2) is 0 Å². The molecule has 3 rings (SSSR count). The van der Waals surface area contributed by atoms with Crippen molar-refractivity contribution in [2.45, 2.75) is 13.3 Å². The molecule has 1 aromatic carbocycles. The van der Waals surface area contributed by atoms with E-state index in [1.807, 2.05) is 30.3 Å². The standard InChI is InChI=1S/C19H20N4O4/c1-12-15(16-18(27-12)22-11-23(2)19(16)26)17(25)21-9-8-20-14(24)10-13-6-4-3-5-7-13/h3-7,11H,8-10H2,1-2H3,(H,20,24)(H,21,25). The summed E-state index contributed by atoms with van der Waals surface area (Å²) in [7, 11) is 1.56. The maximum atomic E-state index is 12.5. The molecule has 0 aliphatic rings. The average Bonchev–Trinajstić information content (AvgIpc) is 2.99. The number of aromatic nitrogens is 2. The van der Waals surface area contributed by atoms with Crippen LogP contribution in [0.1, 0.15) is 21.7 Å². The molecule has 0 spiro atoms. The second kappa shape index (κ2) is 7.86. The summed E-state index contributed by atoms with van der Waals surface area (Å²) in [5.41, 5.74) is 0.882. The highest BCUT2D eigenvalue weighted by Crippen LogP contribution is 2.20. The second-order valence-corrected chi connectivity index (χ2v) is 6.14. The fourth-order valence-electron chi connectivity index (χ4n) is 2.77. The van der Waals surface area contributed by atoms with Gasteiger partial charge in [-0.3, -0.25) is 14.4 Å². The first-order valence-corrected chi connectivity index (χ1v) is 8.51. The molecule has 8 heteroatoms. The van der Waals surface area contributed by atoms with Crippen molar-refractivity contribution in [3.8, 4) is 0 Å². The van der Waals surface area contributed by atoms with E-state index in [2.05, 4.69) is 15.6 Å². The highest BCUT2D eigenvalue weighted by atomic mass is 16.3. The zero-order valence-electron chi connectivity index (χ0n) is 15.1. The first-order valence-electron chi connectivity index (χ1n) is 8.51. The normalized spacial score (nSPS) is 10.7. The molecule has 0 aliphatic heterocycles. The van der Waals surface area contributed by atoms with Crippen molar-refractivity contribution in [1.29, 1.82) is 0 Å². The summed E-state index contributed by atoms with van der Waals surface area (Å²) in [5.74, 6) is -0.237. The molecule has 2 heterocycles. The number of amides is 2. The highest BCUT2D eigenvalue weighted by molar-refractivity contribution is 6.06. The van der Waals surface area contributed by atoms with E-state index in [0.717, 1.165) is 5.56 Å². The molecular formula is C19H20N4O4.